The van der Waals surface area contributed by atoms with Crippen LogP contribution in [0.4, 0.5) is 5.69 Å². The Morgan fingerprint density at radius 3 is 2.53 bits per heavy atom. The molecule has 2 rings (SSSR count). The molecule has 0 bridgehead atoms. The van der Waals surface area contributed by atoms with Gasteiger partial charge in [-0.3, -0.25) is 10.1 Å². The maximum atomic E-state index is 10.5. The molecule has 0 saturated heterocycles. The van der Waals surface area contributed by atoms with E-state index in [-0.39, 0.29) is 23.3 Å². The number of aliphatic hydroxyl groups excluding tert-OH is 1. The monoisotopic (exact) mass is 264 g/mol. The fourth-order valence-corrected chi connectivity index (χ4v) is 2.41. The van der Waals surface area contributed by atoms with Gasteiger partial charge in [0.15, 0.2) is 0 Å². The van der Waals surface area contributed by atoms with E-state index in [1.54, 1.807) is 12.1 Å². The molecule has 1 atom stereocenters. The highest BCUT2D eigenvalue weighted by molar-refractivity contribution is 5.32. The van der Waals surface area contributed by atoms with Gasteiger partial charge in [0.05, 0.1) is 11.5 Å². The molecule has 0 aliphatic heterocycles. The second kappa shape index (κ2) is 6.63. The average molecular weight is 264 g/mol. The third kappa shape index (κ3) is 3.75. The zero-order valence-corrected chi connectivity index (χ0v) is 10.9. The van der Waals surface area contributed by atoms with Gasteiger partial charge in [0, 0.05) is 18.2 Å². The van der Waals surface area contributed by atoms with Crippen molar-refractivity contribution in [1.29, 1.82) is 0 Å². The summed E-state index contributed by atoms with van der Waals surface area (Å²) in [4.78, 5) is 10.1. The Kier molecular flexibility index (Phi) is 4.87. The highest BCUT2D eigenvalue weighted by atomic mass is 16.6. The van der Waals surface area contributed by atoms with Crippen molar-refractivity contribution in [1.82, 2.24) is 5.32 Å². The smallest absolute Gasteiger partial charge is 0.269 e. The number of nitrogens with one attached hydrogen (secondary N) is 1. The summed E-state index contributed by atoms with van der Waals surface area (Å²) < 4.78 is 0. The Morgan fingerprint density at radius 1 is 1.37 bits per heavy atom. The van der Waals surface area contributed by atoms with Gasteiger partial charge in [0.2, 0.25) is 0 Å². The quantitative estimate of drug-likeness (QED) is 0.582. The van der Waals surface area contributed by atoms with Crippen LogP contribution in [0, 0.1) is 16.0 Å². The van der Waals surface area contributed by atoms with Gasteiger partial charge >= 0.3 is 0 Å². The van der Waals surface area contributed by atoms with E-state index in [0.29, 0.717) is 5.92 Å². The summed E-state index contributed by atoms with van der Waals surface area (Å²) in [5.41, 5.74) is 1.20. The second-order valence-corrected chi connectivity index (χ2v) is 5.11. The maximum absolute atomic E-state index is 10.5. The number of benzene rings is 1. The number of non-ortho nitro benzene ring substituents is 1. The minimum atomic E-state index is -0.388. The van der Waals surface area contributed by atoms with E-state index in [1.807, 2.05) is 0 Å². The van der Waals surface area contributed by atoms with E-state index in [2.05, 4.69) is 5.32 Å². The first kappa shape index (κ1) is 14.0. The first-order chi connectivity index (χ1) is 9.20. The molecule has 0 spiro atoms. The number of nitro benzene ring substituents is 1. The molecular weight excluding hydrogens is 244 g/mol. The SMILES string of the molecule is O=[N+]([O-])c1ccc(CCNC(CO)C2CCC2)cc1. The lowest BCUT2D eigenvalue weighted by atomic mass is 9.80. The van der Waals surface area contributed by atoms with Crippen molar-refractivity contribution in [3.63, 3.8) is 0 Å². The summed E-state index contributed by atoms with van der Waals surface area (Å²) >= 11 is 0. The molecule has 0 radical (unpaired) electrons. The van der Waals surface area contributed by atoms with Gasteiger partial charge in [-0.25, -0.2) is 0 Å². The van der Waals surface area contributed by atoms with Crippen LogP contribution in [0.5, 0.6) is 0 Å². The van der Waals surface area contributed by atoms with Gasteiger partial charge < -0.3 is 10.4 Å². The minimum absolute atomic E-state index is 0.124. The zero-order chi connectivity index (χ0) is 13.7. The number of nitrogens with zero attached hydrogens (tertiary/aromatic N) is 1. The number of hydrogen-bond acceptors (Lipinski definition) is 4. The summed E-state index contributed by atoms with van der Waals surface area (Å²) in [6.07, 6.45) is 4.50. The summed E-state index contributed by atoms with van der Waals surface area (Å²) in [6, 6.07) is 6.84. The van der Waals surface area contributed by atoms with Crippen molar-refractivity contribution >= 4 is 5.69 Å². The third-order valence-electron chi connectivity index (χ3n) is 3.88. The minimum Gasteiger partial charge on any atom is -0.395 e. The van der Waals surface area contributed by atoms with Gasteiger partial charge in [-0.1, -0.05) is 18.6 Å². The fourth-order valence-electron chi connectivity index (χ4n) is 2.41. The Bertz CT molecular complexity index is 415. The molecule has 104 valence electrons. The van der Waals surface area contributed by atoms with Crippen LogP contribution >= 0.6 is 0 Å². The Labute approximate surface area is 112 Å². The van der Waals surface area contributed by atoms with E-state index < -0.39 is 0 Å². The van der Waals surface area contributed by atoms with E-state index in [1.165, 1.54) is 31.4 Å². The van der Waals surface area contributed by atoms with E-state index >= 15 is 0 Å². The molecule has 0 amide bonds. The van der Waals surface area contributed by atoms with Crippen molar-refractivity contribution in [3.8, 4) is 0 Å². The van der Waals surface area contributed by atoms with E-state index in [0.717, 1.165) is 18.5 Å². The predicted molar refractivity (Wildman–Crippen MR) is 73.0 cm³/mol. The largest absolute Gasteiger partial charge is 0.395 e. The van der Waals surface area contributed by atoms with Crippen LogP contribution in [0.15, 0.2) is 24.3 Å². The highest BCUT2D eigenvalue weighted by Gasteiger charge is 2.25. The fraction of sp³-hybridized carbons (Fsp3) is 0.571. The number of aliphatic hydroxyl groups is 1. The van der Waals surface area contributed by atoms with Crippen molar-refractivity contribution in [2.45, 2.75) is 31.7 Å². The summed E-state index contributed by atoms with van der Waals surface area (Å²) in [5.74, 6) is 0.613. The predicted octanol–water partition coefficient (Wildman–Crippen LogP) is 1.89. The molecule has 1 aromatic carbocycles. The van der Waals surface area contributed by atoms with Gasteiger partial charge in [-0.05, 0) is 37.3 Å². The normalized spacial score (nSPS) is 16.9. The lowest BCUT2D eigenvalue weighted by Crippen LogP contribution is -2.43. The molecule has 1 fully saturated rings. The van der Waals surface area contributed by atoms with Crippen molar-refractivity contribution < 1.29 is 10.0 Å². The molecule has 5 nitrogen and oxygen atoms in total. The molecule has 1 aromatic rings. The Balaban J connectivity index is 1.76. The van der Waals surface area contributed by atoms with Gasteiger partial charge in [0.25, 0.3) is 5.69 Å². The van der Waals surface area contributed by atoms with Crippen molar-refractivity contribution in [2.24, 2.45) is 5.92 Å². The van der Waals surface area contributed by atoms with Crippen LogP contribution < -0.4 is 5.32 Å². The van der Waals surface area contributed by atoms with Crippen LogP contribution in [-0.2, 0) is 6.42 Å². The standard InChI is InChI=1S/C14H20N2O3/c17-10-14(12-2-1-3-12)15-9-8-11-4-6-13(7-5-11)16(18)19/h4-7,12,14-15,17H,1-3,8-10H2. The number of nitro groups is 1. The molecule has 0 heterocycles. The summed E-state index contributed by atoms with van der Waals surface area (Å²) in [7, 11) is 0. The van der Waals surface area contributed by atoms with Crippen LogP contribution in [0.1, 0.15) is 24.8 Å². The molecule has 1 unspecified atom stereocenters. The van der Waals surface area contributed by atoms with Crippen LogP contribution in [0.2, 0.25) is 0 Å². The summed E-state index contributed by atoms with van der Waals surface area (Å²) in [5, 5.41) is 23.2. The van der Waals surface area contributed by atoms with Crippen molar-refractivity contribution in [2.75, 3.05) is 13.2 Å². The lowest BCUT2D eigenvalue weighted by molar-refractivity contribution is -0.384. The molecule has 1 saturated carbocycles. The first-order valence-electron chi connectivity index (χ1n) is 6.78. The molecule has 1 aliphatic rings. The molecule has 5 heteroatoms. The second-order valence-electron chi connectivity index (χ2n) is 5.11. The third-order valence-corrected chi connectivity index (χ3v) is 3.88. The van der Waals surface area contributed by atoms with Crippen molar-refractivity contribution in [3.05, 3.63) is 39.9 Å². The first-order valence-corrected chi connectivity index (χ1v) is 6.78. The lowest BCUT2D eigenvalue weighted by Gasteiger charge is -2.33. The Hall–Kier alpha value is -1.46. The van der Waals surface area contributed by atoms with Gasteiger partial charge in [-0.2, -0.15) is 0 Å². The zero-order valence-electron chi connectivity index (χ0n) is 10.9. The van der Waals surface area contributed by atoms with E-state index in [9.17, 15) is 15.2 Å². The highest BCUT2D eigenvalue weighted by Crippen LogP contribution is 2.29. The molecule has 1 aliphatic carbocycles. The number of hydrogen-bond donors (Lipinski definition) is 2. The van der Waals surface area contributed by atoms with Gasteiger partial charge in [0.1, 0.15) is 0 Å². The molecular formula is C14H20N2O3. The van der Waals surface area contributed by atoms with Crippen LogP contribution in [-0.4, -0.2) is 29.2 Å². The van der Waals surface area contributed by atoms with Gasteiger partial charge in [-0.15, -0.1) is 0 Å². The Morgan fingerprint density at radius 2 is 2.05 bits per heavy atom. The van der Waals surface area contributed by atoms with E-state index in [4.69, 9.17) is 0 Å². The van der Waals surface area contributed by atoms with Crippen LogP contribution in [0.25, 0.3) is 0 Å². The molecule has 0 aromatic heterocycles. The average Bonchev–Trinajstić information content (AvgIpc) is 2.36. The topological polar surface area (TPSA) is 75.4 Å². The number of rotatable bonds is 7. The molecule has 19 heavy (non-hydrogen) atoms. The molecule has 2 N–H and O–H groups in total. The maximum Gasteiger partial charge on any atom is 0.269 e. The summed E-state index contributed by atoms with van der Waals surface area (Å²) in [6.45, 7) is 0.977. The van der Waals surface area contributed by atoms with Crippen LogP contribution in [0.3, 0.4) is 0 Å².